The number of benzene rings is 2. The van der Waals surface area contributed by atoms with Gasteiger partial charge >= 0.3 is 0 Å². The lowest BCUT2D eigenvalue weighted by Gasteiger charge is -2.40. The highest BCUT2D eigenvalue weighted by Crippen LogP contribution is 2.33. The first-order chi connectivity index (χ1) is 16.0. The van der Waals surface area contributed by atoms with Crippen LogP contribution in [-0.4, -0.2) is 41.5 Å². The molecule has 1 fully saturated rings. The van der Waals surface area contributed by atoms with Gasteiger partial charge in [0.25, 0.3) is 0 Å². The van der Waals surface area contributed by atoms with Gasteiger partial charge in [0, 0.05) is 47.3 Å². The molecule has 1 amide bonds. The maximum atomic E-state index is 14.0. The molecule has 1 aliphatic heterocycles. The smallest absolute Gasteiger partial charge is 0.249 e. The number of carbonyl (C=O) groups is 1. The number of nitrogens with two attached hydrogens (primary N) is 1. The van der Waals surface area contributed by atoms with Crippen LogP contribution < -0.4 is 10.5 Å². The first-order valence-electron chi connectivity index (χ1n) is 11.7. The third-order valence-corrected chi connectivity index (χ3v) is 7.13. The zero-order valence-electron chi connectivity index (χ0n) is 18.6. The van der Waals surface area contributed by atoms with Gasteiger partial charge in [-0.1, -0.05) is 12.5 Å². The van der Waals surface area contributed by atoms with Gasteiger partial charge < -0.3 is 15.5 Å². The maximum absolute atomic E-state index is 14.0. The van der Waals surface area contributed by atoms with Crippen molar-refractivity contribution in [2.45, 2.75) is 44.6 Å². The second-order valence-electron chi connectivity index (χ2n) is 9.33. The summed E-state index contributed by atoms with van der Waals surface area (Å²) in [6, 6.07) is 8.35. The number of hydrogen-bond acceptors (Lipinski definition) is 3. The Balaban J connectivity index is 1.25. The largest absolute Gasteiger partial charge is 0.493 e. The summed E-state index contributed by atoms with van der Waals surface area (Å²) >= 11 is 0. The van der Waals surface area contributed by atoms with Gasteiger partial charge in [-0.05, 0) is 62.4 Å². The number of carbonyl (C=O) groups excluding carboxylic acids is 1. The number of fused-ring (bicyclic) bond motifs is 2. The minimum Gasteiger partial charge on any atom is -0.493 e. The summed E-state index contributed by atoms with van der Waals surface area (Å²) in [5.41, 5.74) is 8.35. The first kappa shape index (κ1) is 21.9. The van der Waals surface area contributed by atoms with Gasteiger partial charge in [0.05, 0.1) is 12.1 Å². The number of halogens is 2. The molecular formula is C26H29F2N3O2. The van der Waals surface area contributed by atoms with Crippen molar-refractivity contribution in [3.05, 3.63) is 64.9 Å². The van der Waals surface area contributed by atoms with Crippen molar-refractivity contribution < 1.29 is 18.3 Å². The lowest BCUT2D eigenvalue weighted by atomic mass is 9.88. The minimum absolute atomic E-state index is 0.287. The van der Waals surface area contributed by atoms with E-state index in [2.05, 4.69) is 9.88 Å². The highest BCUT2D eigenvalue weighted by Gasteiger charge is 2.30. The van der Waals surface area contributed by atoms with Crippen molar-refractivity contribution in [2.24, 2.45) is 11.7 Å². The van der Waals surface area contributed by atoms with Crippen LogP contribution in [0, 0.1) is 17.6 Å². The molecule has 0 spiro atoms. The zero-order valence-corrected chi connectivity index (χ0v) is 18.6. The van der Waals surface area contributed by atoms with E-state index in [0.717, 1.165) is 55.3 Å². The molecule has 2 aliphatic rings. The van der Waals surface area contributed by atoms with Crippen molar-refractivity contribution in [1.29, 1.82) is 0 Å². The van der Waals surface area contributed by atoms with Gasteiger partial charge in [-0.3, -0.25) is 9.69 Å². The highest BCUT2D eigenvalue weighted by atomic mass is 19.1. The van der Waals surface area contributed by atoms with E-state index in [-0.39, 0.29) is 5.92 Å². The summed E-state index contributed by atoms with van der Waals surface area (Å²) in [5, 5.41) is 0.624. The number of primary amides is 1. The number of rotatable bonds is 8. The van der Waals surface area contributed by atoms with Crippen LogP contribution in [0.2, 0.25) is 0 Å². The van der Waals surface area contributed by atoms with Gasteiger partial charge in [0.2, 0.25) is 5.91 Å². The van der Waals surface area contributed by atoms with Crippen LogP contribution in [0.15, 0.2) is 36.5 Å². The van der Waals surface area contributed by atoms with Crippen LogP contribution in [0.5, 0.6) is 5.75 Å². The molecule has 1 saturated carbocycles. The Morgan fingerprint density at radius 2 is 2.09 bits per heavy atom. The summed E-state index contributed by atoms with van der Waals surface area (Å²) in [6.45, 7) is 2.43. The molecule has 5 rings (SSSR count). The third kappa shape index (κ3) is 4.47. The lowest BCUT2D eigenvalue weighted by molar-refractivity contribution is 0.0847. The maximum Gasteiger partial charge on any atom is 0.249 e. The number of aryl methyl sites for hydroxylation is 1. The van der Waals surface area contributed by atoms with Crippen LogP contribution >= 0.6 is 0 Å². The van der Waals surface area contributed by atoms with Crippen LogP contribution in [0.1, 0.15) is 47.2 Å². The van der Waals surface area contributed by atoms with E-state index in [1.54, 1.807) is 12.3 Å². The van der Waals surface area contributed by atoms with Gasteiger partial charge in [0.1, 0.15) is 17.4 Å². The average molecular weight is 454 g/mol. The summed E-state index contributed by atoms with van der Waals surface area (Å²) in [6.07, 6.45) is 7.86. The molecule has 33 heavy (non-hydrogen) atoms. The normalized spacial score (nSPS) is 18.2. The molecule has 1 aromatic heterocycles. The third-order valence-electron chi connectivity index (χ3n) is 7.13. The monoisotopic (exact) mass is 453 g/mol. The Hall–Kier alpha value is -2.93. The number of amides is 1. The number of nitrogens with one attached hydrogen (secondary N) is 1. The fourth-order valence-electron chi connectivity index (χ4n) is 5.21. The second kappa shape index (κ2) is 9.14. The summed E-state index contributed by atoms with van der Waals surface area (Å²) in [7, 11) is 0. The summed E-state index contributed by atoms with van der Waals surface area (Å²) in [4.78, 5) is 17.3. The molecule has 1 aliphatic carbocycles. The molecular weight excluding hydrogens is 424 g/mol. The van der Waals surface area contributed by atoms with Crippen LogP contribution in [-0.2, 0) is 12.8 Å². The number of nitrogens with zero attached hydrogens (tertiary/aromatic N) is 1. The second-order valence-corrected chi connectivity index (χ2v) is 9.33. The van der Waals surface area contributed by atoms with Crippen molar-refractivity contribution in [3.63, 3.8) is 0 Å². The number of aromatic amines is 1. The predicted octanol–water partition coefficient (Wildman–Crippen LogP) is 4.58. The molecule has 0 saturated heterocycles. The molecule has 3 aromatic rings. The number of aromatic nitrogens is 1. The standard InChI is InChI=1S/C26H29F2N3O2/c27-18-11-21-17(13-30-25(21)23(28)12-18)4-3-9-31(19-5-1-6-19)14-16-10-22-20(26(29)32)7-2-8-24(22)33-15-16/h2,7-8,11-13,16,19,30H,1,3-6,9-10,14-15H2,(H2,29,32). The molecule has 3 N–H and O–H groups in total. The van der Waals surface area contributed by atoms with E-state index in [0.29, 0.717) is 29.1 Å². The Bertz CT molecular complexity index is 1170. The fourth-order valence-corrected chi connectivity index (χ4v) is 5.21. The summed E-state index contributed by atoms with van der Waals surface area (Å²) in [5.74, 6) is -0.477. The van der Waals surface area contributed by atoms with Gasteiger partial charge in [0.15, 0.2) is 0 Å². The molecule has 2 aromatic carbocycles. The molecule has 2 heterocycles. The van der Waals surface area contributed by atoms with Crippen LogP contribution in [0.4, 0.5) is 8.78 Å². The van der Waals surface area contributed by atoms with Gasteiger partial charge in [-0.25, -0.2) is 8.78 Å². The van der Waals surface area contributed by atoms with Gasteiger partial charge in [-0.2, -0.15) is 0 Å². The topological polar surface area (TPSA) is 71.4 Å². The molecule has 7 heteroatoms. The zero-order chi connectivity index (χ0) is 22.9. The Morgan fingerprint density at radius 3 is 2.85 bits per heavy atom. The molecule has 1 atom stereocenters. The van der Waals surface area contributed by atoms with Gasteiger partial charge in [-0.15, -0.1) is 0 Å². The number of H-pyrrole nitrogens is 1. The molecule has 0 radical (unpaired) electrons. The minimum atomic E-state index is -0.555. The number of ether oxygens (including phenoxy) is 1. The fraction of sp³-hybridized carbons (Fsp3) is 0.423. The van der Waals surface area contributed by atoms with E-state index < -0.39 is 17.5 Å². The Morgan fingerprint density at radius 1 is 1.24 bits per heavy atom. The van der Waals surface area contributed by atoms with E-state index >= 15 is 0 Å². The average Bonchev–Trinajstić information content (AvgIpc) is 3.15. The van der Waals surface area contributed by atoms with E-state index in [1.165, 1.54) is 25.3 Å². The van der Waals surface area contributed by atoms with Crippen LogP contribution in [0.25, 0.3) is 10.9 Å². The SMILES string of the molecule is NC(=O)c1cccc2c1CC(CN(CCCc1c[nH]c3c(F)cc(F)cc13)C1CCC1)CO2. The molecule has 0 bridgehead atoms. The predicted molar refractivity (Wildman–Crippen MR) is 123 cm³/mol. The quantitative estimate of drug-likeness (QED) is 0.524. The Kier molecular flexibility index (Phi) is 6.06. The first-order valence-corrected chi connectivity index (χ1v) is 11.7. The summed E-state index contributed by atoms with van der Waals surface area (Å²) < 4.78 is 33.7. The van der Waals surface area contributed by atoms with Crippen molar-refractivity contribution in [2.75, 3.05) is 19.7 Å². The van der Waals surface area contributed by atoms with E-state index in [9.17, 15) is 13.6 Å². The van der Waals surface area contributed by atoms with Crippen molar-refractivity contribution in [3.8, 4) is 5.75 Å². The van der Waals surface area contributed by atoms with E-state index in [4.69, 9.17) is 10.5 Å². The number of hydrogen-bond donors (Lipinski definition) is 2. The molecule has 1 unspecified atom stereocenters. The van der Waals surface area contributed by atoms with Crippen LogP contribution in [0.3, 0.4) is 0 Å². The Labute approximate surface area is 191 Å². The van der Waals surface area contributed by atoms with Crippen molar-refractivity contribution >= 4 is 16.8 Å². The molecule has 174 valence electrons. The van der Waals surface area contributed by atoms with E-state index in [1.807, 2.05) is 12.1 Å². The lowest BCUT2D eigenvalue weighted by Crippen LogP contribution is -2.45. The van der Waals surface area contributed by atoms with Crippen molar-refractivity contribution in [1.82, 2.24) is 9.88 Å². The molecule has 5 nitrogen and oxygen atoms in total. The highest BCUT2D eigenvalue weighted by molar-refractivity contribution is 5.95.